The van der Waals surface area contributed by atoms with Crippen molar-refractivity contribution in [1.82, 2.24) is 14.9 Å². The number of nitrogens with two attached hydrogens (primary N) is 1. The normalized spacial score (nSPS) is 15.1. The number of ether oxygens (including phenoxy) is 1. The number of benzene rings is 1. The number of piperidine rings is 1. The second-order valence-corrected chi connectivity index (χ2v) is 6.65. The Morgan fingerprint density at radius 1 is 1.38 bits per heavy atom. The van der Waals surface area contributed by atoms with E-state index in [1.807, 2.05) is 4.90 Å². The van der Waals surface area contributed by atoms with Crippen LogP contribution < -0.4 is 15.8 Å². The van der Waals surface area contributed by atoms with Crippen LogP contribution in [0.4, 0.5) is 20.5 Å². The first kappa shape index (κ1) is 20.6. The lowest BCUT2D eigenvalue weighted by atomic mass is 10.0. The van der Waals surface area contributed by atoms with Gasteiger partial charge in [-0.3, -0.25) is 9.69 Å². The molecule has 0 spiro atoms. The number of nitrogens with one attached hydrogen (secondary N) is 1. The van der Waals surface area contributed by atoms with Gasteiger partial charge in [0.05, 0.1) is 19.2 Å². The average molecular weight is 405 g/mol. The minimum Gasteiger partial charge on any atom is -0.496 e. The van der Waals surface area contributed by atoms with E-state index < -0.39 is 23.0 Å². The summed E-state index contributed by atoms with van der Waals surface area (Å²) >= 11 is 0. The van der Waals surface area contributed by atoms with Crippen LogP contribution in [0.1, 0.15) is 28.8 Å². The number of nitrogens with zero attached hydrogens (tertiary/aromatic N) is 3. The van der Waals surface area contributed by atoms with E-state index in [1.165, 1.54) is 13.3 Å². The van der Waals surface area contributed by atoms with E-state index in [9.17, 15) is 18.4 Å². The predicted octanol–water partition coefficient (Wildman–Crippen LogP) is 1.65. The van der Waals surface area contributed by atoms with Crippen molar-refractivity contribution in [2.75, 3.05) is 37.8 Å². The van der Waals surface area contributed by atoms with Gasteiger partial charge < -0.3 is 20.6 Å². The minimum absolute atomic E-state index is 0.0969. The summed E-state index contributed by atoms with van der Waals surface area (Å²) in [5, 5.41) is 3.15. The van der Waals surface area contributed by atoms with Gasteiger partial charge >= 0.3 is 0 Å². The molecule has 8 nitrogen and oxygen atoms in total. The lowest BCUT2D eigenvalue weighted by Gasteiger charge is -2.31. The van der Waals surface area contributed by atoms with Crippen LogP contribution in [-0.2, 0) is 4.79 Å². The molecule has 1 saturated heterocycles. The van der Waals surface area contributed by atoms with E-state index in [0.29, 0.717) is 6.54 Å². The molecule has 154 valence electrons. The third kappa shape index (κ3) is 4.48. The van der Waals surface area contributed by atoms with Crippen LogP contribution in [0.2, 0.25) is 0 Å². The Balaban J connectivity index is 1.76. The molecule has 0 saturated carbocycles. The Hall–Kier alpha value is -3.14. The number of carbonyl (C=O) groups is 2. The lowest BCUT2D eigenvalue weighted by Crippen LogP contribution is -2.40. The molecule has 1 aliphatic heterocycles. The summed E-state index contributed by atoms with van der Waals surface area (Å²) < 4.78 is 32.8. The van der Waals surface area contributed by atoms with Crippen LogP contribution >= 0.6 is 0 Å². The maximum absolute atomic E-state index is 14.2. The van der Waals surface area contributed by atoms with Crippen molar-refractivity contribution in [2.45, 2.75) is 18.9 Å². The number of likely N-dealkylation sites (tertiary alicyclic amines) is 1. The molecule has 0 unspecified atom stereocenters. The monoisotopic (exact) mass is 405 g/mol. The van der Waals surface area contributed by atoms with Gasteiger partial charge in [0.1, 0.15) is 23.4 Å². The van der Waals surface area contributed by atoms with Crippen molar-refractivity contribution >= 4 is 23.8 Å². The summed E-state index contributed by atoms with van der Waals surface area (Å²) in [6.07, 6.45) is 3.65. The molecule has 1 aliphatic rings. The van der Waals surface area contributed by atoms with Crippen molar-refractivity contribution < 1.29 is 23.1 Å². The number of hydrogen-bond acceptors (Lipinski definition) is 8. The van der Waals surface area contributed by atoms with Crippen molar-refractivity contribution in [3.05, 3.63) is 41.1 Å². The Bertz CT molecular complexity index is 917. The van der Waals surface area contributed by atoms with Gasteiger partial charge in [0, 0.05) is 25.3 Å². The van der Waals surface area contributed by atoms with Crippen molar-refractivity contribution in [1.29, 1.82) is 0 Å². The number of anilines is 2. The summed E-state index contributed by atoms with van der Waals surface area (Å²) in [6, 6.07) is 2.13. The number of carbonyl (C=O) groups excluding carboxylic acids is 2. The second-order valence-electron chi connectivity index (χ2n) is 6.65. The summed E-state index contributed by atoms with van der Waals surface area (Å²) in [6.45, 7) is 1.94. The second kappa shape index (κ2) is 8.91. The minimum atomic E-state index is -1.32. The fourth-order valence-corrected chi connectivity index (χ4v) is 3.24. The topological polar surface area (TPSA) is 110 Å². The average Bonchev–Trinajstić information content (AvgIpc) is 2.71. The number of nitrogen functional groups attached to an aromatic ring is 1. The third-order valence-electron chi connectivity index (χ3n) is 4.82. The summed E-state index contributed by atoms with van der Waals surface area (Å²) in [4.78, 5) is 33.5. The van der Waals surface area contributed by atoms with Gasteiger partial charge in [0.25, 0.3) is 0 Å². The largest absolute Gasteiger partial charge is 0.496 e. The third-order valence-corrected chi connectivity index (χ3v) is 4.82. The predicted molar refractivity (Wildman–Crippen MR) is 102 cm³/mol. The van der Waals surface area contributed by atoms with Gasteiger partial charge in [0.2, 0.25) is 11.7 Å². The quantitative estimate of drug-likeness (QED) is 0.529. The zero-order chi connectivity index (χ0) is 21.0. The highest BCUT2D eigenvalue weighted by molar-refractivity contribution is 6.13. The Labute approximate surface area is 166 Å². The maximum atomic E-state index is 14.2. The molecule has 29 heavy (non-hydrogen) atoms. The molecule has 2 heterocycles. The standard InChI is InChI=1S/C19H21F2N5O3/c1-29-14-3-2-13(20)16(21)15(14)17(28)12-10-23-19(25-18(12)22)24-11-4-6-26(7-5-11)8-9-27/h2-3,9-11H,4-8H2,1H3,(H3,22,23,24,25). The molecule has 1 aromatic heterocycles. The number of ketones is 1. The van der Waals surface area contributed by atoms with Gasteiger partial charge in [-0.2, -0.15) is 4.98 Å². The van der Waals surface area contributed by atoms with Gasteiger partial charge in [0.15, 0.2) is 11.6 Å². The molecular formula is C19H21F2N5O3. The number of aldehydes is 1. The molecule has 0 radical (unpaired) electrons. The molecule has 2 aromatic rings. The summed E-state index contributed by atoms with van der Waals surface area (Å²) in [5.41, 5.74) is 5.17. The molecule has 10 heteroatoms. The molecule has 1 aromatic carbocycles. The number of rotatable bonds is 7. The van der Waals surface area contributed by atoms with E-state index in [-0.39, 0.29) is 29.1 Å². The molecule has 0 aliphatic carbocycles. The van der Waals surface area contributed by atoms with Gasteiger partial charge in [-0.05, 0) is 25.0 Å². The van der Waals surface area contributed by atoms with E-state index in [4.69, 9.17) is 10.5 Å². The molecular weight excluding hydrogens is 384 g/mol. The molecule has 1 fully saturated rings. The Kier molecular flexibility index (Phi) is 6.32. The van der Waals surface area contributed by atoms with E-state index >= 15 is 0 Å². The highest BCUT2D eigenvalue weighted by Gasteiger charge is 2.25. The van der Waals surface area contributed by atoms with E-state index in [1.54, 1.807) is 0 Å². The van der Waals surface area contributed by atoms with Crippen molar-refractivity contribution in [3.8, 4) is 5.75 Å². The molecule has 0 amide bonds. The van der Waals surface area contributed by atoms with Crippen molar-refractivity contribution in [3.63, 3.8) is 0 Å². The first-order chi connectivity index (χ1) is 13.9. The van der Waals surface area contributed by atoms with Crippen LogP contribution in [0.15, 0.2) is 18.3 Å². The first-order valence-electron chi connectivity index (χ1n) is 9.06. The van der Waals surface area contributed by atoms with Crippen LogP contribution in [0.5, 0.6) is 5.75 Å². The number of methoxy groups -OCH3 is 1. The van der Waals surface area contributed by atoms with Crippen LogP contribution in [0, 0.1) is 11.6 Å². The van der Waals surface area contributed by atoms with Crippen molar-refractivity contribution in [2.24, 2.45) is 0 Å². The van der Waals surface area contributed by atoms with Gasteiger partial charge in [-0.1, -0.05) is 0 Å². The highest BCUT2D eigenvalue weighted by Crippen LogP contribution is 2.28. The maximum Gasteiger partial charge on any atom is 0.224 e. The lowest BCUT2D eigenvalue weighted by molar-refractivity contribution is -0.109. The molecule has 3 N–H and O–H groups in total. The summed E-state index contributed by atoms with van der Waals surface area (Å²) in [7, 11) is 1.25. The van der Waals surface area contributed by atoms with Gasteiger partial charge in [-0.25, -0.2) is 13.8 Å². The van der Waals surface area contributed by atoms with E-state index in [0.717, 1.165) is 44.4 Å². The van der Waals surface area contributed by atoms with Crippen LogP contribution in [0.3, 0.4) is 0 Å². The zero-order valence-electron chi connectivity index (χ0n) is 15.8. The molecule has 0 atom stereocenters. The molecule has 0 bridgehead atoms. The van der Waals surface area contributed by atoms with Crippen LogP contribution in [0.25, 0.3) is 0 Å². The Morgan fingerprint density at radius 3 is 2.72 bits per heavy atom. The fraction of sp³-hybridized carbons (Fsp3) is 0.368. The first-order valence-corrected chi connectivity index (χ1v) is 9.06. The zero-order valence-corrected chi connectivity index (χ0v) is 15.8. The van der Waals surface area contributed by atoms with Crippen LogP contribution in [-0.4, -0.2) is 59.7 Å². The number of hydrogen-bond donors (Lipinski definition) is 2. The summed E-state index contributed by atoms with van der Waals surface area (Å²) in [5.74, 6) is -3.40. The highest BCUT2D eigenvalue weighted by atomic mass is 19.2. The SMILES string of the molecule is COc1ccc(F)c(F)c1C(=O)c1cnc(NC2CCN(CC=O)CC2)nc1N. The van der Waals surface area contributed by atoms with Gasteiger partial charge in [-0.15, -0.1) is 0 Å². The fourth-order valence-electron chi connectivity index (χ4n) is 3.24. The smallest absolute Gasteiger partial charge is 0.224 e. The Morgan fingerprint density at radius 2 is 2.10 bits per heavy atom. The number of halogens is 2. The van der Waals surface area contributed by atoms with E-state index in [2.05, 4.69) is 15.3 Å². The molecule has 3 rings (SSSR count). The number of aromatic nitrogens is 2.